The molecule has 4 nitrogen and oxygen atoms in total. The van der Waals surface area contributed by atoms with Gasteiger partial charge < -0.3 is 10.4 Å². The van der Waals surface area contributed by atoms with E-state index >= 15 is 0 Å². The van der Waals surface area contributed by atoms with Crippen molar-refractivity contribution in [3.8, 4) is 0 Å². The predicted molar refractivity (Wildman–Crippen MR) is 70.1 cm³/mol. The number of carbonyl (C=O) groups excluding carboxylic acids is 1. The van der Waals surface area contributed by atoms with Crippen molar-refractivity contribution in [3.05, 3.63) is 0 Å². The van der Waals surface area contributed by atoms with E-state index in [0.717, 1.165) is 12.8 Å². The monoisotopic (exact) mass is 255 g/mol. The van der Waals surface area contributed by atoms with Gasteiger partial charge in [-0.15, -0.1) is 0 Å². The van der Waals surface area contributed by atoms with Crippen LogP contribution >= 0.6 is 0 Å². The number of carboxylic acids is 1. The summed E-state index contributed by atoms with van der Waals surface area (Å²) in [5, 5.41) is 12.0. The van der Waals surface area contributed by atoms with Crippen molar-refractivity contribution >= 4 is 11.9 Å². The van der Waals surface area contributed by atoms with E-state index in [1.807, 2.05) is 0 Å². The Bertz CT molecular complexity index is 301. The second-order valence-electron chi connectivity index (χ2n) is 5.87. The van der Waals surface area contributed by atoms with E-state index in [1.54, 1.807) is 0 Å². The predicted octanol–water partition coefficient (Wildman–Crippen LogP) is 2.29. The van der Waals surface area contributed by atoms with E-state index in [9.17, 15) is 9.59 Å². The molecule has 0 radical (unpaired) electrons. The standard InChI is InChI=1S/C14H25NO3/c1-9(2)10(3)8-15-13(16)11-5-4-6-12(7-11)14(17)18/h9-12H,4-8H2,1-3H3,(H,15,16)(H,17,18). The second-order valence-corrected chi connectivity index (χ2v) is 5.87. The molecule has 0 aliphatic heterocycles. The molecule has 3 unspecified atom stereocenters. The highest BCUT2D eigenvalue weighted by Crippen LogP contribution is 2.29. The zero-order chi connectivity index (χ0) is 13.7. The quantitative estimate of drug-likeness (QED) is 0.792. The fraction of sp³-hybridized carbons (Fsp3) is 0.857. The number of carbonyl (C=O) groups is 2. The van der Waals surface area contributed by atoms with Crippen molar-refractivity contribution in [2.75, 3.05) is 6.54 Å². The van der Waals surface area contributed by atoms with Gasteiger partial charge in [0.05, 0.1) is 5.92 Å². The third-order valence-electron chi connectivity index (χ3n) is 4.13. The first-order chi connectivity index (χ1) is 8.41. The summed E-state index contributed by atoms with van der Waals surface area (Å²) in [7, 11) is 0. The summed E-state index contributed by atoms with van der Waals surface area (Å²) in [6.45, 7) is 7.08. The third-order valence-corrected chi connectivity index (χ3v) is 4.13. The molecule has 0 aromatic rings. The summed E-state index contributed by atoms with van der Waals surface area (Å²) in [6, 6.07) is 0. The van der Waals surface area contributed by atoms with Crippen LogP contribution in [0.2, 0.25) is 0 Å². The van der Waals surface area contributed by atoms with E-state index < -0.39 is 5.97 Å². The molecule has 1 aliphatic rings. The Morgan fingerprint density at radius 1 is 1.22 bits per heavy atom. The lowest BCUT2D eigenvalue weighted by Gasteiger charge is -2.26. The maximum Gasteiger partial charge on any atom is 0.306 e. The minimum Gasteiger partial charge on any atom is -0.481 e. The molecule has 1 aliphatic carbocycles. The molecule has 104 valence electrons. The normalized spacial score (nSPS) is 25.8. The van der Waals surface area contributed by atoms with Crippen molar-refractivity contribution < 1.29 is 14.7 Å². The Morgan fingerprint density at radius 2 is 1.83 bits per heavy atom. The molecule has 0 saturated heterocycles. The van der Waals surface area contributed by atoms with E-state index in [-0.39, 0.29) is 17.7 Å². The van der Waals surface area contributed by atoms with Gasteiger partial charge >= 0.3 is 5.97 Å². The first-order valence-electron chi connectivity index (χ1n) is 6.92. The zero-order valence-electron chi connectivity index (χ0n) is 11.6. The molecule has 1 fully saturated rings. The lowest BCUT2D eigenvalue weighted by Crippen LogP contribution is -2.38. The maximum absolute atomic E-state index is 12.0. The molecule has 18 heavy (non-hydrogen) atoms. The van der Waals surface area contributed by atoms with E-state index in [0.29, 0.717) is 31.2 Å². The second kappa shape index (κ2) is 6.76. The van der Waals surface area contributed by atoms with E-state index in [2.05, 4.69) is 26.1 Å². The van der Waals surface area contributed by atoms with Crippen molar-refractivity contribution in [2.45, 2.75) is 46.5 Å². The smallest absolute Gasteiger partial charge is 0.306 e. The van der Waals surface area contributed by atoms with Crippen LogP contribution in [0, 0.1) is 23.7 Å². The molecule has 2 N–H and O–H groups in total. The molecule has 0 aromatic carbocycles. The van der Waals surface area contributed by atoms with Crippen LogP contribution in [0.1, 0.15) is 46.5 Å². The van der Waals surface area contributed by atoms with Crippen LogP contribution < -0.4 is 5.32 Å². The largest absolute Gasteiger partial charge is 0.481 e. The summed E-state index contributed by atoms with van der Waals surface area (Å²) in [5.74, 6) is -0.177. The molecule has 1 rings (SSSR count). The summed E-state index contributed by atoms with van der Waals surface area (Å²) in [5.41, 5.74) is 0. The van der Waals surface area contributed by atoms with Crippen molar-refractivity contribution in [1.82, 2.24) is 5.32 Å². The third kappa shape index (κ3) is 4.31. The van der Waals surface area contributed by atoms with Crippen molar-refractivity contribution in [2.24, 2.45) is 23.7 Å². The lowest BCUT2D eigenvalue weighted by molar-refractivity contribution is -0.144. The van der Waals surface area contributed by atoms with Crippen molar-refractivity contribution in [3.63, 3.8) is 0 Å². The van der Waals surface area contributed by atoms with Gasteiger partial charge in [0.1, 0.15) is 0 Å². The van der Waals surface area contributed by atoms with Crippen LogP contribution in [0.3, 0.4) is 0 Å². The number of aliphatic carboxylic acids is 1. The Kier molecular flexibility index (Phi) is 5.63. The average Bonchev–Trinajstić information content (AvgIpc) is 2.35. The van der Waals surface area contributed by atoms with E-state index in [1.165, 1.54) is 0 Å². The van der Waals surface area contributed by atoms with Crippen LogP contribution in [0.25, 0.3) is 0 Å². The fourth-order valence-electron chi connectivity index (χ4n) is 2.29. The molecular weight excluding hydrogens is 230 g/mol. The number of rotatable bonds is 5. The molecule has 0 spiro atoms. The van der Waals surface area contributed by atoms with Crippen LogP contribution in [-0.4, -0.2) is 23.5 Å². The summed E-state index contributed by atoms with van der Waals surface area (Å²) < 4.78 is 0. The van der Waals surface area contributed by atoms with Gasteiger partial charge in [-0.2, -0.15) is 0 Å². The first-order valence-corrected chi connectivity index (χ1v) is 6.92. The van der Waals surface area contributed by atoms with Gasteiger partial charge in [0.25, 0.3) is 0 Å². The Hall–Kier alpha value is -1.06. The highest BCUT2D eigenvalue weighted by atomic mass is 16.4. The number of carboxylic acid groups (broad SMARTS) is 1. The molecule has 0 aromatic heterocycles. The molecule has 1 amide bonds. The Labute approximate surface area is 109 Å². The van der Waals surface area contributed by atoms with Crippen LogP contribution in [0.5, 0.6) is 0 Å². The molecule has 0 heterocycles. The topological polar surface area (TPSA) is 66.4 Å². The Morgan fingerprint density at radius 3 is 2.39 bits per heavy atom. The molecule has 1 saturated carbocycles. The summed E-state index contributed by atoms with van der Waals surface area (Å²) in [4.78, 5) is 22.9. The van der Waals surface area contributed by atoms with Crippen molar-refractivity contribution in [1.29, 1.82) is 0 Å². The molecule has 4 heteroatoms. The van der Waals surface area contributed by atoms with Crippen LogP contribution in [0.4, 0.5) is 0 Å². The minimum atomic E-state index is -0.761. The van der Waals surface area contributed by atoms with Gasteiger partial charge in [-0.05, 0) is 31.1 Å². The highest BCUT2D eigenvalue weighted by Gasteiger charge is 2.30. The van der Waals surface area contributed by atoms with Gasteiger partial charge in [-0.25, -0.2) is 0 Å². The zero-order valence-corrected chi connectivity index (χ0v) is 11.6. The molecule has 0 bridgehead atoms. The maximum atomic E-state index is 12.0. The van der Waals surface area contributed by atoms with Crippen LogP contribution in [0.15, 0.2) is 0 Å². The minimum absolute atomic E-state index is 0.0356. The van der Waals surface area contributed by atoms with Gasteiger partial charge in [0, 0.05) is 12.5 Å². The number of nitrogens with one attached hydrogen (secondary N) is 1. The first kappa shape index (κ1) is 15.0. The molecular formula is C14H25NO3. The highest BCUT2D eigenvalue weighted by molar-refractivity contribution is 5.80. The number of hydrogen-bond acceptors (Lipinski definition) is 2. The van der Waals surface area contributed by atoms with Crippen LogP contribution in [-0.2, 0) is 9.59 Å². The van der Waals surface area contributed by atoms with Gasteiger partial charge in [0.2, 0.25) is 5.91 Å². The van der Waals surface area contributed by atoms with Gasteiger partial charge in [0.15, 0.2) is 0 Å². The summed E-state index contributed by atoms with van der Waals surface area (Å²) in [6.07, 6.45) is 2.87. The van der Waals surface area contributed by atoms with Gasteiger partial charge in [-0.1, -0.05) is 27.2 Å². The Balaban J connectivity index is 2.39. The summed E-state index contributed by atoms with van der Waals surface area (Å²) >= 11 is 0. The fourth-order valence-corrected chi connectivity index (χ4v) is 2.29. The lowest BCUT2D eigenvalue weighted by atomic mass is 9.81. The SMILES string of the molecule is CC(C)C(C)CNC(=O)C1CCCC(C(=O)O)C1. The average molecular weight is 255 g/mol. The number of amides is 1. The van der Waals surface area contributed by atoms with E-state index in [4.69, 9.17) is 5.11 Å². The number of hydrogen-bond donors (Lipinski definition) is 2. The molecule has 3 atom stereocenters. The van der Waals surface area contributed by atoms with Gasteiger partial charge in [-0.3, -0.25) is 9.59 Å².